The molecule has 2 aliphatic heterocycles. The Bertz CT molecular complexity index is 1300. The van der Waals surface area contributed by atoms with Crippen molar-refractivity contribution in [3.8, 4) is 11.4 Å². The number of carbonyl (C=O) groups is 1. The number of piperidine rings is 1. The third-order valence-corrected chi connectivity index (χ3v) is 6.50. The van der Waals surface area contributed by atoms with E-state index in [2.05, 4.69) is 4.98 Å². The molecule has 1 unspecified atom stereocenters. The summed E-state index contributed by atoms with van der Waals surface area (Å²) in [6.07, 6.45) is 6.58. The summed E-state index contributed by atoms with van der Waals surface area (Å²) in [5.74, 6) is -3.71. The van der Waals surface area contributed by atoms with Gasteiger partial charge in [0.15, 0.2) is 17.5 Å². The number of morpholine rings is 1. The van der Waals surface area contributed by atoms with Crippen LogP contribution in [0.5, 0.6) is 5.75 Å². The van der Waals surface area contributed by atoms with Gasteiger partial charge in [-0.25, -0.2) is 18.2 Å². The summed E-state index contributed by atoms with van der Waals surface area (Å²) in [6.45, 7) is 2.32. The number of methoxy groups -OCH3 is 1. The minimum absolute atomic E-state index is 0.0763. The average Bonchev–Trinajstić information content (AvgIpc) is 3.29. The van der Waals surface area contributed by atoms with E-state index in [0.717, 1.165) is 29.1 Å². The fourth-order valence-electron chi connectivity index (χ4n) is 4.77. The Kier molecular flexibility index (Phi) is 6.10. The van der Waals surface area contributed by atoms with E-state index < -0.39 is 23.5 Å². The fraction of sp³-hybridized carbons (Fsp3) is 0.308. The summed E-state index contributed by atoms with van der Waals surface area (Å²) in [7, 11) is 1.58. The molecule has 0 spiro atoms. The highest BCUT2D eigenvalue weighted by Crippen LogP contribution is 2.37. The Morgan fingerprint density at radius 1 is 1.14 bits per heavy atom. The lowest BCUT2D eigenvalue weighted by atomic mass is 9.91. The number of amides is 1. The fourth-order valence-corrected chi connectivity index (χ4v) is 4.77. The van der Waals surface area contributed by atoms with Crippen molar-refractivity contribution in [3.63, 3.8) is 0 Å². The summed E-state index contributed by atoms with van der Waals surface area (Å²) < 4.78 is 54.4. The number of nitrogens with zero attached hydrogens (tertiary/aromatic N) is 3. The number of imidazole rings is 1. The summed E-state index contributed by atoms with van der Waals surface area (Å²) in [4.78, 5) is 19.4. The van der Waals surface area contributed by atoms with Crippen molar-refractivity contribution in [2.75, 3.05) is 20.3 Å². The maximum absolute atomic E-state index is 13.9. The first kappa shape index (κ1) is 23.2. The number of hydrogen-bond donors (Lipinski definition) is 0. The van der Waals surface area contributed by atoms with Crippen LogP contribution in [0.3, 0.4) is 0 Å². The molecule has 2 fully saturated rings. The summed E-state index contributed by atoms with van der Waals surface area (Å²) in [6, 6.07) is 6.55. The van der Waals surface area contributed by atoms with Gasteiger partial charge in [0.2, 0.25) is 0 Å². The first-order chi connectivity index (χ1) is 16.9. The largest absolute Gasteiger partial charge is 0.495 e. The van der Waals surface area contributed by atoms with E-state index in [1.54, 1.807) is 18.3 Å². The smallest absolute Gasteiger partial charge is 0.250 e. The number of halogens is 3. The first-order valence-corrected chi connectivity index (χ1v) is 11.3. The van der Waals surface area contributed by atoms with Gasteiger partial charge in [-0.05, 0) is 61.2 Å². The van der Waals surface area contributed by atoms with Gasteiger partial charge in [-0.2, -0.15) is 0 Å². The Morgan fingerprint density at radius 2 is 1.91 bits per heavy atom. The van der Waals surface area contributed by atoms with Crippen molar-refractivity contribution in [1.82, 2.24) is 14.5 Å². The van der Waals surface area contributed by atoms with Crippen LogP contribution in [0.25, 0.3) is 11.8 Å². The van der Waals surface area contributed by atoms with Gasteiger partial charge in [-0.1, -0.05) is 6.07 Å². The maximum Gasteiger partial charge on any atom is 0.250 e. The molecule has 0 saturated carbocycles. The Labute approximate surface area is 200 Å². The zero-order valence-electron chi connectivity index (χ0n) is 19.3. The quantitative estimate of drug-likeness (QED) is 0.397. The van der Waals surface area contributed by atoms with Crippen molar-refractivity contribution in [2.24, 2.45) is 0 Å². The van der Waals surface area contributed by atoms with E-state index in [-0.39, 0.29) is 24.1 Å². The molecule has 0 N–H and O–H groups in total. The summed E-state index contributed by atoms with van der Waals surface area (Å²) in [5, 5.41) is 0. The third kappa shape index (κ3) is 4.32. The second kappa shape index (κ2) is 9.22. The molecule has 0 radical (unpaired) electrons. The maximum atomic E-state index is 13.9. The Hall–Kier alpha value is -3.59. The molecule has 2 atom stereocenters. The number of benzene rings is 2. The standard InChI is InChI=1S/C26H24F3N3O3/c1-15-11-31(14-30-15)22-6-3-16(8-24(22)34-2)7-17-4-5-19-12-35-13-23(32(19)26(17)33)18-9-20(27)25(29)21(28)10-18/h3,6-11,14,19,23H,4-5,12-13H2,1-2H3/t19-,23?/m0/s1. The minimum Gasteiger partial charge on any atom is -0.495 e. The van der Waals surface area contributed by atoms with Gasteiger partial charge < -0.3 is 18.9 Å². The first-order valence-electron chi connectivity index (χ1n) is 11.3. The predicted octanol–water partition coefficient (Wildman–Crippen LogP) is 4.75. The highest BCUT2D eigenvalue weighted by molar-refractivity contribution is 5.99. The van der Waals surface area contributed by atoms with E-state index in [1.807, 2.05) is 42.0 Å². The van der Waals surface area contributed by atoms with E-state index in [1.165, 1.54) is 0 Å². The highest BCUT2D eigenvalue weighted by Gasteiger charge is 2.40. The molecule has 3 aromatic rings. The topological polar surface area (TPSA) is 56.6 Å². The lowest BCUT2D eigenvalue weighted by Gasteiger charge is -2.45. The molecule has 1 aromatic heterocycles. The van der Waals surface area contributed by atoms with Gasteiger partial charge in [0.1, 0.15) is 5.75 Å². The second-order valence-electron chi connectivity index (χ2n) is 8.78. The van der Waals surface area contributed by atoms with Crippen LogP contribution in [0.1, 0.15) is 35.7 Å². The zero-order valence-corrected chi connectivity index (χ0v) is 19.3. The number of hydrogen-bond acceptors (Lipinski definition) is 4. The lowest BCUT2D eigenvalue weighted by molar-refractivity contribution is -0.145. The SMILES string of the molecule is COc1cc(C=C2CC[C@H]3COCC(c4cc(F)c(F)c(F)c4)N3C2=O)ccc1-n1cnc(C)c1. The number of fused-ring (bicyclic) bond motifs is 1. The Morgan fingerprint density at radius 3 is 2.60 bits per heavy atom. The normalized spacial score (nSPS) is 21.3. The molecular weight excluding hydrogens is 459 g/mol. The molecule has 2 aromatic carbocycles. The number of ether oxygens (including phenoxy) is 2. The molecule has 6 nitrogen and oxygen atoms in total. The summed E-state index contributed by atoms with van der Waals surface area (Å²) in [5.41, 5.74) is 3.22. The van der Waals surface area contributed by atoms with Crippen LogP contribution < -0.4 is 4.74 Å². The van der Waals surface area contributed by atoms with Gasteiger partial charge in [0, 0.05) is 11.8 Å². The van der Waals surface area contributed by atoms with Crippen LogP contribution >= 0.6 is 0 Å². The van der Waals surface area contributed by atoms with Crippen molar-refractivity contribution in [1.29, 1.82) is 0 Å². The molecule has 0 bridgehead atoms. The van der Waals surface area contributed by atoms with Crippen molar-refractivity contribution in [3.05, 3.63) is 82.7 Å². The number of aryl methyl sites for hydroxylation is 1. The van der Waals surface area contributed by atoms with E-state index in [9.17, 15) is 18.0 Å². The molecule has 0 aliphatic carbocycles. The molecule has 2 aliphatic rings. The lowest BCUT2D eigenvalue weighted by Crippen LogP contribution is -2.53. The van der Waals surface area contributed by atoms with Crippen LogP contribution in [-0.2, 0) is 9.53 Å². The van der Waals surface area contributed by atoms with Crippen LogP contribution in [0.4, 0.5) is 13.2 Å². The molecule has 9 heteroatoms. The van der Waals surface area contributed by atoms with E-state index >= 15 is 0 Å². The average molecular weight is 483 g/mol. The van der Waals surface area contributed by atoms with Gasteiger partial charge in [0.25, 0.3) is 5.91 Å². The van der Waals surface area contributed by atoms with Gasteiger partial charge >= 0.3 is 0 Å². The summed E-state index contributed by atoms with van der Waals surface area (Å²) >= 11 is 0. The van der Waals surface area contributed by atoms with Crippen molar-refractivity contribution in [2.45, 2.75) is 31.8 Å². The van der Waals surface area contributed by atoms with Crippen LogP contribution in [-0.4, -0.2) is 46.7 Å². The Balaban J connectivity index is 1.46. The number of aromatic nitrogens is 2. The van der Waals surface area contributed by atoms with E-state index in [4.69, 9.17) is 9.47 Å². The highest BCUT2D eigenvalue weighted by atomic mass is 19.2. The van der Waals surface area contributed by atoms with Gasteiger partial charge in [0.05, 0.1) is 50.1 Å². The monoisotopic (exact) mass is 483 g/mol. The number of rotatable bonds is 4. The molecule has 5 rings (SSSR count). The van der Waals surface area contributed by atoms with Crippen LogP contribution in [0.15, 0.2) is 48.4 Å². The van der Waals surface area contributed by atoms with Crippen molar-refractivity contribution < 1.29 is 27.4 Å². The predicted molar refractivity (Wildman–Crippen MR) is 123 cm³/mol. The molecular formula is C26H24F3N3O3. The van der Waals surface area contributed by atoms with Crippen LogP contribution in [0.2, 0.25) is 0 Å². The van der Waals surface area contributed by atoms with Crippen LogP contribution in [0, 0.1) is 24.4 Å². The molecule has 182 valence electrons. The van der Waals surface area contributed by atoms with Crippen molar-refractivity contribution >= 4 is 12.0 Å². The number of carbonyl (C=O) groups excluding carboxylic acids is 1. The minimum atomic E-state index is -1.53. The molecule has 1 amide bonds. The molecule has 3 heterocycles. The third-order valence-electron chi connectivity index (χ3n) is 6.50. The van der Waals surface area contributed by atoms with Gasteiger partial charge in [-0.3, -0.25) is 4.79 Å². The van der Waals surface area contributed by atoms with Gasteiger partial charge in [-0.15, -0.1) is 0 Å². The van der Waals surface area contributed by atoms with E-state index in [0.29, 0.717) is 30.8 Å². The second-order valence-corrected chi connectivity index (χ2v) is 8.78. The zero-order chi connectivity index (χ0) is 24.7. The molecule has 2 saturated heterocycles. The molecule has 35 heavy (non-hydrogen) atoms.